The second kappa shape index (κ2) is 11.9. The van der Waals surface area contributed by atoms with Crippen molar-refractivity contribution in [3.05, 3.63) is 63.9 Å². The van der Waals surface area contributed by atoms with Crippen molar-refractivity contribution < 1.29 is 33.6 Å². The number of β-lactam (4-membered cyclic amide) rings is 1. The fourth-order valence-corrected chi connectivity index (χ4v) is 5.18. The molecular formula is C26H30INO7. The second-order valence-electron chi connectivity index (χ2n) is 8.45. The van der Waals surface area contributed by atoms with Crippen LogP contribution in [0.4, 0.5) is 0 Å². The second-order valence-corrected chi connectivity index (χ2v) is 9.61. The quantitative estimate of drug-likeness (QED) is 0.0687. The highest BCUT2D eigenvalue weighted by molar-refractivity contribution is 14.1. The van der Waals surface area contributed by atoms with E-state index in [1.807, 2.05) is 19.1 Å². The Morgan fingerprint density at radius 1 is 1.23 bits per heavy atom. The molecule has 1 amide bonds. The first kappa shape index (κ1) is 26.9. The van der Waals surface area contributed by atoms with Crippen molar-refractivity contribution in [1.29, 1.82) is 0 Å². The highest BCUT2D eigenvalue weighted by atomic mass is 127. The molecule has 1 aromatic rings. The molecule has 1 aromatic carbocycles. The number of carbonyl (C=O) groups excluding carboxylic acids is 3. The molecule has 0 aliphatic carbocycles. The van der Waals surface area contributed by atoms with E-state index >= 15 is 0 Å². The zero-order valence-electron chi connectivity index (χ0n) is 20.1. The number of nitrogens with zero attached hydrogens (tertiary/aromatic N) is 1. The smallest absolute Gasteiger partial charge is 0.355 e. The average molecular weight is 595 g/mol. The Morgan fingerprint density at radius 3 is 2.57 bits per heavy atom. The molecule has 0 N–H and O–H groups in total. The van der Waals surface area contributed by atoms with Gasteiger partial charge in [-0.3, -0.25) is 9.68 Å². The SMILES string of the molecule is C=CCOOC(=O)C(C)C1C(=O)N2C(C(=O)OCC=C)=C(COc3ccc(CC)cc3I)C(C)C12. The number of hydrogen-bond acceptors (Lipinski definition) is 7. The summed E-state index contributed by atoms with van der Waals surface area (Å²) in [6.45, 7) is 12.9. The number of ether oxygens (including phenoxy) is 2. The molecule has 3 rings (SSSR count). The third-order valence-corrected chi connectivity index (χ3v) is 7.19. The van der Waals surface area contributed by atoms with Crippen molar-refractivity contribution in [1.82, 2.24) is 4.90 Å². The number of hydrogen-bond donors (Lipinski definition) is 0. The summed E-state index contributed by atoms with van der Waals surface area (Å²) in [6, 6.07) is 5.56. The van der Waals surface area contributed by atoms with E-state index in [0.717, 1.165) is 9.99 Å². The Morgan fingerprint density at radius 2 is 1.94 bits per heavy atom. The maximum atomic E-state index is 13.2. The monoisotopic (exact) mass is 595 g/mol. The molecule has 9 heteroatoms. The first-order valence-corrected chi connectivity index (χ1v) is 12.5. The summed E-state index contributed by atoms with van der Waals surface area (Å²) < 4.78 is 12.3. The molecule has 2 heterocycles. The van der Waals surface area contributed by atoms with E-state index in [1.165, 1.54) is 22.6 Å². The largest absolute Gasteiger partial charge is 0.488 e. The van der Waals surface area contributed by atoms with Gasteiger partial charge >= 0.3 is 11.9 Å². The topological polar surface area (TPSA) is 91.4 Å². The van der Waals surface area contributed by atoms with Crippen LogP contribution >= 0.6 is 22.6 Å². The van der Waals surface area contributed by atoms with Crippen LogP contribution in [0.25, 0.3) is 0 Å². The first-order valence-electron chi connectivity index (χ1n) is 11.5. The predicted octanol–water partition coefficient (Wildman–Crippen LogP) is 3.99. The molecule has 0 aromatic heterocycles. The highest BCUT2D eigenvalue weighted by Gasteiger charge is 2.61. The van der Waals surface area contributed by atoms with Gasteiger partial charge in [0.1, 0.15) is 31.3 Å². The van der Waals surface area contributed by atoms with Crippen molar-refractivity contribution >= 4 is 40.4 Å². The van der Waals surface area contributed by atoms with E-state index in [4.69, 9.17) is 19.2 Å². The Kier molecular flexibility index (Phi) is 9.12. The molecule has 0 bridgehead atoms. The number of rotatable bonds is 12. The Balaban J connectivity index is 1.84. The number of halogens is 1. The lowest BCUT2D eigenvalue weighted by Gasteiger charge is -2.47. The van der Waals surface area contributed by atoms with Gasteiger partial charge in [-0.05, 0) is 46.7 Å². The normalized spacial score (nSPS) is 21.7. The van der Waals surface area contributed by atoms with E-state index < -0.39 is 29.8 Å². The van der Waals surface area contributed by atoms with Crippen molar-refractivity contribution in [2.24, 2.45) is 17.8 Å². The lowest BCUT2D eigenvalue weighted by atomic mass is 9.74. The summed E-state index contributed by atoms with van der Waals surface area (Å²) in [4.78, 5) is 49.6. The highest BCUT2D eigenvalue weighted by Crippen LogP contribution is 2.49. The summed E-state index contributed by atoms with van der Waals surface area (Å²) in [5, 5.41) is 0. The fraction of sp³-hybridized carbons (Fsp3) is 0.423. The van der Waals surface area contributed by atoms with Gasteiger partial charge < -0.3 is 14.4 Å². The minimum absolute atomic E-state index is 0.0146. The molecule has 8 nitrogen and oxygen atoms in total. The number of benzene rings is 1. The van der Waals surface area contributed by atoms with Crippen molar-refractivity contribution in [3.63, 3.8) is 0 Å². The van der Waals surface area contributed by atoms with Crippen LogP contribution < -0.4 is 4.74 Å². The van der Waals surface area contributed by atoms with E-state index in [0.29, 0.717) is 11.3 Å². The zero-order valence-corrected chi connectivity index (χ0v) is 22.3. The average Bonchev–Trinajstić information content (AvgIpc) is 3.09. The number of esters is 1. The van der Waals surface area contributed by atoms with E-state index in [1.54, 1.807) is 6.92 Å². The van der Waals surface area contributed by atoms with Crippen LogP contribution in [0, 0.1) is 21.3 Å². The summed E-state index contributed by atoms with van der Waals surface area (Å²) in [7, 11) is 0. The maximum absolute atomic E-state index is 13.2. The Bertz CT molecular complexity index is 1050. The molecule has 4 unspecified atom stereocenters. The molecule has 1 fully saturated rings. The van der Waals surface area contributed by atoms with Gasteiger partial charge in [0.05, 0.1) is 21.4 Å². The predicted molar refractivity (Wildman–Crippen MR) is 137 cm³/mol. The lowest BCUT2D eigenvalue weighted by Crippen LogP contribution is -2.63. The van der Waals surface area contributed by atoms with Crippen LogP contribution in [-0.2, 0) is 35.3 Å². The Labute approximate surface area is 219 Å². The van der Waals surface area contributed by atoms with Gasteiger partial charge in [0.15, 0.2) is 0 Å². The number of fused-ring (bicyclic) bond motifs is 1. The number of amides is 1. The summed E-state index contributed by atoms with van der Waals surface area (Å²) in [5.74, 6) is -2.57. The van der Waals surface area contributed by atoms with E-state index in [9.17, 15) is 14.4 Å². The minimum atomic E-state index is -0.760. The summed E-state index contributed by atoms with van der Waals surface area (Å²) >= 11 is 2.22. The van der Waals surface area contributed by atoms with E-state index in [2.05, 4.69) is 48.7 Å². The summed E-state index contributed by atoms with van der Waals surface area (Å²) in [5.41, 5.74) is 2.02. The molecule has 188 valence electrons. The molecule has 35 heavy (non-hydrogen) atoms. The van der Waals surface area contributed by atoms with Gasteiger partial charge in [0.25, 0.3) is 0 Å². The lowest BCUT2D eigenvalue weighted by molar-refractivity contribution is -0.271. The molecule has 0 spiro atoms. The zero-order chi connectivity index (χ0) is 25.7. The van der Waals surface area contributed by atoms with Crippen molar-refractivity contribution in [3.8, 4) is 5.75 Å². The van der Waals surface area contributed by atoms with Crippen molar-refractivity contribution in [2.45, 2.75) is 33.2 Å². The molecule has 1 saturated heterocycles. The van der Waals surface area contributed by atoms with Gasteiger partial charge in [0.2, 0.25) is 5.91 Å². The standard InChI is InChI=1S/C26H30INO7/c1-6-11-32-26(31)23-18(14-33-20-10-9-17(8-3)13-19(20)27)15(4)22-21(24(29)28(22)23)16(5)25(30)35-34-12-7-2/h6-7,9-10,13,15-16,21-22H,1-2,8,11-12,14H2,3-5H3. The molecule has 2 aliphatic heterocycles. The van der Waals surface area contributed by atoms with Crippen LogP contribution in [0.5, 0.6) is 5.75 Å². The molecular weight excluding hydrogens is 565 g/mol. The summed E-state index contributed by atoms with van der Waals surface area (Å²) in [6.07, 6.45) is 3.82. The van der Waals surface area contributed by atoms with Gasteiger partial charge in [-0.15, -0.1) is 6.58 Å². The third kappa shape index (κ3) is 5.45. The molecule has 4 atom stereocenters. The van der Waals surface area contributed by atoms with Crippen LogP contribution in [0.15, 0.2) is 54.8 Å². The van der Waals surface area contributed by atoms with Crippen LogP contribution in [0.3, 0.4) is 0 Å². The fourth-order valence-electron chi connectivity index (χ4n) is 4.44. The minimum Gasteiger partial charge on any atom is -0.488 e. The van der Waals surface area contributed by atoms with E-state index in [-0.39, 0.29) is 37.3 Å². The van der Waals surface area contributed by atoms with Gasteiger partial charge in [-0.25, -0.2) is 9.59 Å². The Hall–Kier alpha value is -2.66. The van der Waals surface area contributed by atoms with Gasteiger partial charge in [0, 0.05) is 11.5 Å². The first-order chi connectivity index (χ1) is 16.8. The maximum Gasteiger partial charge on any atom is 0.355 e. The van der Waals surface area contributed by atoms with Crippen LogP contribution in [0.2, 0.25) is 0 Å². The molecule has 0 saturated carbocycles. The van der Waals surface area contributed by atoms with Crippen molar-refractivity contribution in [2.75, 3.05) is 19.8 Å². The van der Waals surface area contributed by atoms with Gasteiger partial charge in [-0.1, -0.05) is 45.6 Å². The van der Waals surface area contributed by atoms with Crippen LogP contribution in [0.1, 0.15) is 26.3 Å². The molecule has 2 aliphatic rings. The van der Waals surface area contributed by atoms with Crippen LogP contribution in [-0.4, -0.2) is 48.6 Å². The third-order valence-electron chi connectivity index (χ3n) is 6.35. The molecule has 0 radical (unpaired) electrons. The van der Waals surface area contributed by atoms with Gasteiger partial charge in [-0.2, -0.15) is 4.89 Å². The number of aryl methyl sites for hydroxylation is 1. The number of carbonyl (C=O) groups is 3.